The second kappa shape index (κ2) is 3.33. The van der Waals surface area contributed by atoms with E-state index in [2.05, 4.69) is 17.1 Å². The van der Waals surface area contributed by atoms with E-state index in [0.717, 1.165) is 6.42 Å². The molecule has 2 bridgehead atoms. The van der Waals surface area contributed by atoms with Crippen molar-refractivity contribution in [3.05, 3.63) is 12.2 Å². The highest BCUT2D eigenvalue weighted by atomic mass is 16.3. The molecule has 80 valence electrons. The van der Waals surface area contributed by atoms with Gasteiger partial charge in [0.05, 0.1) is 12.1 Å². The first-order chi connectivity index (χ1) is 6.66. The number of likely N-dealkylation sites (N-methyl/N-ethyl adjacent to an activating group) is 1. The Labute approximate surface area is 85.0 Å². The Morgan fingerprint density at radius 1 is 1.36 bits per heavy atom. The van der Waals surface area contributed by atoms with Crippen LogP contribution in [0.2, 0.25) is 0 Å². The monoisotopic (exact) mass is 197 g/mol. The molecule has 2 aliphatic carbocycles. The summed E-state index contributed by atoms with van der Waals surface area (Å²) in [5.41, 5.74) is -0.228. The van der Waals surface area contributed by atoms with E-state index in [1.165, 1.54) is 0 Å². The van der Waals surface area contributed by atoms with Crippen LogP contribution < -0.4 is 0 Å². The van der Waals surface area contributed by atoms with Crippen molar-refractivity contribution >= 4 is 0 Å². The van der Waals surface area contributed by atoms with E-state index in [9.17, 15) is 10.2 Å². The van der Waals surface area contributed by atoms with Crippen molar-refractivity contribution in [1.29, 1.82) is 0 Å². The van der Waals surface area contributed by atoms with Crippen molar-refractivity contribution in [2.45, 2.75) is 12.0 Å². The Bertz CT molecular complexity index is 252. The first kappa shape index (κ1) is 10.1. The fraction of sp³-hybridized carbons (Fsp3) is 0.818. The molecule has 0 radical (unpaired) electrons. The maximum absolute atomic E-state index is 9.62. The molecular formula is C11H19NO2. The van der Waals surface area contributed by atoms with Gasteiger partial charge in [-0.1, -0.05) is 12.2 Å². The minimum absolute atomic E-state index is 0.136. The minimum atomic E-state index is -0.228. The van der Waals surface area contributed by atoms with Crippen LogP contribution in [-0.4, -0.2) is 48.0 Å². The molecule has 0 unspecified atom stereocenters. The van der Waals surface area contributed by atoms with Crippen molar-refractivity contribution in [2.24, 2.45) is 17.8 Å². The van der Waals surface area contributed by atoms with Crippen LogP contribution in [0.1, 0.15) is 6.42 Å². The maximum atomic E-state index is 9.62. The molecule has 0 amide bonds. The second-order valence-corrected chi connectivity index (χ2v) is 4.72. The van der Waals surface area contributed by atoms with E-state index in [-0.39, 0.29) is 24.7 Å². The molecule has 0 aromatic heterocycles. The maximum Gasteiger partial charge on any atom is 0.0624 e. The smallest absolute Gasteiger partial charge is 0.0624 e. The van der Waals surface area contributed by atoms with Crippen molar-refractivity contribution in [1.82, 2.24) is 4.90 Å². The van der Waals surface area contributed by atoms with Crippen LogP contribution in [-0.2, 0) is 0 Å². The quantitative estimate of drug-likeness (QED) is 0.630. The molecule has 0 saturated heterocycles. The molecule has 0 aliphatic heterocycles. The second-order valence-electron chi connectivity index (χ2n) is 4.72. The Balaban J connectivity index is 2.36. The topological polar surface area (TPSA) is 43.7 Å². The van der Waals surface area contributed by atoms with Gasteiger partial charge >= 0.3 is 0 Å². The molecule has 1 saturated carbocycles. The molecule has 2 N–H and O–H groups in total. The van der Waals surface area contributed by atoms with E-state index in [4.69, 9.17) is 0 Å². The van der Waals surface area contributed by atoms with Gasteiger partial charge in [0.25, 0.3) is 0 Å². The third-order valence-electron chi connectivity index (χ3n) is 4.20. The summed E-state index contributed by atoms with van der Waals surface area (Å²) in [6, 6.07) is 0. The minimum Gasteiger partial charge on any atom is -0.396 e. The summed E-state index contributed by atoms with van der Waals surface area (Å²) in [7, 11) is 3.99. The Morgan fingerprint density at radius 2 is 2.07 bits per heavy atom. The molecule has 0 heterocycles. The zero-order valence-corrected chi connectivity index (χ0v) is 8.85. The average molecular weight is 197 g/mol. The van der Waals surface area contributed by atoms with Gasteiger partial charge < -0.3 is 15.1 Å². The molecule has 3 heteroatoms. The Kier molecular flexibility index (Phi) is 2.41. The standard InChI is InChI=1S/C11H19NO2/c1-12(2)11(7-14)9-4-3-8(5-9)10(11)6-13/h3-4,8-10,13-14H,5-7H2,1-2H3/t8-,9+,10-,11+/m0/s1. The van der Waals surface area contributed by atoms with Crippen LogP contribution in [0.15, 0.2) is 12.2 Å². The molecule has 4 atom stereocenters. The molecule has 2 rings (SSSR count). The van der Waals surface area contributed by atoms with Crippen molar-refractivity contribution in [3.63, 3.8) is 0 Å². The number of fused-ring (bicyclic) bond motifs is 2. The third-order valence-corrected chi connectivity index (χ3v) is 4.20. The molecule has 14 heavy (non-hydrogen) atoms. The molecule has 0 spiro atoms. The first-order valence-electron chi connectivity index (χ1n) is 5.24. The van der Waals surface area contributed by atoms with Crippen LogP contribution in [0.25, 0.3) is 0 Å². The predicted molar refractivity (Wildman–Crippen MR) is 54.8 cm³/mol. The molecule has 3 nitrogen and oxygen atoms in total. The highest BCUT2D eigenvalue weighted by molar-refractivity contribution is 5.23. The molecular weight excluding hydrogens is 178 g/mol. The normalized spacial score (nSPS) is 45.4. The SMILES string of the molecule is CN(C)[C@]1(CO)[C@@H]2C=C[C@@H](C2)[C@@H]1CO. The predicted octanol–water partition coefficient (Wildman–Crippen LogP) is 0.0935. The number of aliphatic hydroxyl groups is 2. The summed E-state index contributed by atoms with van der Waals surface area (Å²) in [6.07, 6.45) is 5.49. The van der Waals surface area contributed by atoms with Gasteiger partial charge in [0.2, 0.25) is 0 Å². The van der Waals surface area contributed by atoms with Crippen molar-refractivity contribution in [3.8, 4) is 0 Å². The highest BCUT2D eigenvalue weighted by Gasteiger charge is 2.56. The summed E-state index contributed by atoms with van der Waals surface area (Å²) in [5.74, 6) is 1.06. The van der Waals surface area contributed by atoms with Gasteiger partial charge in [0.1, 0.15) is 0 Å². The number of rotatable bonds is 3. The summed E-state index contributed by atoms with van der Waals surface area (Å²) >= 11 is 0. The van der Waals surface area contributed by atoms with Crippen LogP contribution in [0.3, 0.4) is 0 Å². The average Bonchev–Trinajstić information content (AvgIpc) is 2.74. The van der Waals surface area contributed by atoms with E-state index in [0.29, 0.717) is 11.8 Å². The lowest BCUT2D eigenvalue weighted by molar-refractivity contribution is -0.0153. The van der Waals surface area contributed by atoms with E-state index < -0.39 is 0 Å². The highest BCUT2D eigenvalue weighted by Crippen LogP contribution is 2.52. The number of hydrogen-bond donors (Lipinski definition) is 2. The molecule has 0 aromatic rings. The van der Waals surface area contributed by atoms with Gasteiger partial charge in [-0.25, -0.2) is 0 Å². The number of nitrogens with zero attached hydrogens (tertiary/aromatic N) is 1. The van der Waals surface area contributed by atoms with Gasteiger partial charge in [-0.15, -0.1) is 0 Å². The number of aliphatic hydroxyl groups excluding tert-OH is 2. The number of allylic oxidation sites excluding steroid dienone is 1. The fourth-order valence-electron chi connectivity index (χ4n) is 3.37. The zero-order chi connectivity index (χ0) is 10.3. The Hall–Kier alpha value is -0.380. The van der Waals surface area contributed by atoms with E-state index in [1.807, 2.05) is 14.1 Å². The Morgan fingerprint density at radius 3 is 2.50 bits per heavy atom. The van der Waals surface area contributed by atoms with Gasteiger partial charge in [-0.2, -0.15) is 0 Å². The van der Waals surface area contributed by atoms with Crippen LogP contribution in [0.5, 0.6) is 0 Å². The number of hydrogen-bond acceptors (Lipinski definition) is 3. The van der Waals surface area contributed by atoms with Crippen LogP contribution >= 0.6 is 0 Å². The fourth-order valence-corrected chi connectivity index (χ4v) is 3.37. The summed E-state index contributed by atoms with van der Waals surface area (Å²) in [6.45, 7) is 0.307. The third kappa shape index (κ3) is 1.03. The first-order valence-corrected chi connectivity index (χ1v) is 5.24. The van der Waals surface area contributed by atoms with Crippen molar-refractivity contribution in [2.75, 3.05) is 27.3 Å². The molecule has 0 aromatic carbocycles. The van der Waals surface area contributed by atoms with Crippen LogP contribution in [0.4, 0.5) is 0 Å². The lowest BCUT2D eigenvalue weighted by Gasteiger charge is -2.45. The van der Waals surface area contributed by atoms with Gasteiger partial charge in [-0.05, 0) is 32.4 Å². The van der Waals surface area contributed by atoms with Gasteiger partial charge in [0.15, 0.2) is 0 Å². The lowest BCUT2D eigenvalue weighted by Crippen LogP contribution is -2.57. The van der Waals surface area contributed by atoms with Crippen molar-refractivity contribution < 1.29 is 10.2 Å². The van der Waals surface area contributed by atoms with Crippen LogP contribution in [0, 0.1) is 17.8 Å². The van der Waals surface area contributed by atoms with Gasteiger partial charge in [0, 0.05) is 12.5 Å². The van der Waals surface area contributed by atoms with E-state index >= 15 is 0 Å². The molecule has 1 fully saturated rings. The zero-order valence-electron chi connectivity index (χ0n) is 8.85. The summed E-state index contributed by atoms with van der Waals surface area (Å²) in [5, 5.41) is 19.1. The van der Waals surface area contributed by atoms with E-state index in [1.54, 1.807) is 0 Å². The molecule has 2 aliphatic rings. The summed E-state index contributed by atoms with van der Waals surface area (Å²) < 4.78 is 0. The summed E-state index contributed by atoms with van der Waals surface area (Å²) in [4.78, 5) is 2.09. The lowest BCUT2D eigenvalue weighted by atomic mass is 9.75. The van der Waals surface area contributed by atoms with Gasteiger partial charge in [-0.3, -0.25) is 0 Å². The largest absolute Gasteiger partial charge is 0.396 e.